The van der Waals surface area contributed by atoms with Gasteiger partial charge in [0.1, 0.15) is 5.84 Å². The Hall–Kier alpha value is -2.34. The fraction of sp³-hybridized carbons (Fsp3) is 0.0714. The molecule has 0 radical (unpaired) electrons. The number of fused-ring (bicyclic) bond motifs is 1. The van der Waals surface area contributed by atoms with Crippen molar-refractivity contribution < 1.29 is 8.42 Å². The number of nitrogens with one attached hydrogen (secondary N) is 1. The molecule has 0 atom stereocenters. The van der Waals surface area contributed by atoms with Crippen LogP contribution >= 0.6 is 0 Å². The summed E-state index contributed by atoms with van der Waals surface area (Å²) >= 11 is 0. The van der Waals surface area contributed by atoms with Crippen LogP contribution in [0, 0.1) is 0 Å². The van der Waals surface area contributed by atoms with Gasteiger partial charge in [-0.3, -0.25) is 4.72 Å². The van der Waals surface area contributed by atoms with Crippen molar-refractivity contribution in [3.8, 4) is 0 Å². The summed E-state index contributed by atoms with van der Waals surface area (Å²) in [6.45, 7) is 0. The molecule has 2 aromatic rings. The summed E-state index contributed by atoms with van der Waals surface area (Å²) in [4.78, 5) is 0. The molecule has 1 aliphatic heterocycles. The molecule has 0 fully saturated rings. The van der Waals surface area contributed by atoms with E-state index in [-0.39, 0.29) is 5.84 Å². The molecule has 20 heavy (non-hydrogen) atoms. The number of hydrogen-bond donors (Lipinski definition) is 2. The van der Waals surface area contributed by atoms with Crippen molar-refractivity contribution in [3.63, 3.8) is 0 Å². The summed E-state index contributed by atoms with van der Waals surface area (Å²) in [6, 6.07) is 15.3. The first-order valence-corrected chi connectivity index (χ1v) is 7.53. The maximum atomic E-state index is 11.5. The van der Waals surface area contributed by atoms with Crippen molar-refractivity contribution in [1.29, 1.82) is 0 Å². The van der Waals surface area contributed by atoms with Crippen molar-refractivity contribution in [2.45, 2.75) is 6.42 Å². The Balaban J connectivity index is 2.07. The zero-order valence-electron chi connectivity index (χ0n) is 10.6. The third-order valence-corrected chi connectivity index (χ3v) is 4.02. The van der Waals surface area contributed by atoms with Crippen LogP contribution in [0.2, 0.25) is 0 Å². The molecule has 0 unspecified atom stereocenters. The van der Waals surface area contributed by atoms with Gasteiger partial charge in [0.05, 0.1) is 5.69 Å². The van der Waals surface area contributed by atoms with Crippen LogP contribution in [-0.2, 0) is 16.6 Å². The average molecular weight is 287 g/mol. The standard InChI is InChI=1S/C14H13N3O2S/c15-14-13-11(9-10-5-2-1-3-6-10)7-4-8-12(13)16-20(18,19)17-14/h1-8,16H,9H2,(H2,15,17). The van der Waals surface area contributed by atoms with E-state index in [4.69, 9.17) is 5.73 Å². The lowest BCUT2D eigenvalue weighted by Gasteiger charge is -2.19. The van der Waals surface area contributed by atoms with Crippen molar-refractivity contribution >= 4 is 21.7 Å². The minimum Gasteiger partial charge on any atom is -0.382 e. The second-order valence-corrected chi connectivity index (χ2v) is 5.89. The van der Waals surface area contributed by atoms with Gasteiger partial charge in [-0.15, -0.1) is 4.40 Å². The molecular weight excluding hydrogens is 274 g/mol. The third kappa shape index (κ3) is 2.37. The summed E-state index contributed by atoms with van der Waals surface area (Å²) in [7, 11) is -3.72. The number of rotatable bonds is 2. The van der Waals surface area contributed by atoms with Gasteiger partial charge in [-0.05, 0) is 23.6 Å². The summed E-state index contributed by atoms with van der Waals surface area (Å²) in [5.41, 5.74) is 9.01. The molecule has 1 aliphatic rings. The molecular formula is C14H13N3O2S. The molecule has 3 N–H and O–H groups in total. The van der Waals surface area contributed by atoms with E-state index < -0.39 is 10.2 Å². The zero-order chi connectivity index (χ0) is 14.2. The molecule has 5 nitrogen and oxygen atoms in total. The highest BCUT2D eigenvalue weighted by atomic mass is 32.2. The first-order valence-electron chi connectivity index (χ1n) is 6.09. The summed E-state index contributed by atoms with van der Waals surface area (Å²) < 4.78 is 28.9. The van der Waals surface area contributed by atoms with E-state index in [1.165, 1.54) is 0 Å². The minimum absolute atomic E-state index is 0.0327. The lowest BCUT2D eigenvalue weighted by molar-refractivity contribution is 0.602. The normalized spacial score (nSPS) is 15.9. The van der Waals surface area contributed by atoms with E-state index in [1.807, 2.05) is 36.4 Å². The molecule has 0 spiro atoms. The van der Waals surface area contributed by atoms with E-state index in [1.54, 1.807) is 12.1 Å². The molecule has 0 aliphatic carbocycles. The van der Waals surface area contributed by atoms with Crippen molar-refractivity contribution in [2.24, 2.45) is 10.1 Å². The second kappa shape index (κ2) is 4.64. The van der Waals surface area contributed by atoms with Crippen LogP contribution in [0.5, 0.6) is 0 Å². The van der Waals surface area contributed by atoms with Gasteiger partial charge < -0.3 is 5.73 Å². The van der Waals surface area contributed by atoms with Crippen molar-refractivity contribution in [1.82, 2.24) is 0 Å². The van der Waals surface area contributed by atoms with E-state index >= 15 is 0 Å². The van der Waals surface area contributed by atoms with Crippen molar-refractivity contribution in [3.05, 3.63) is 65.2 Å². The van der Waals surface area contributed by atoms with Gasteiger partial charge in [0.25, 0.3) is 0 Å². The molecule has 1 heterocycles. The zero-order valence-corrected chi connectivity index (χ0v) is 11.4. The predicted molar refractivity (Wildman–Crippen MR) is 79.0 cm³/mol. The number of amidine groups is 1. The van der Waals surface area contributed by atoms with Crippen molar-refractivity contribution in [2.75, 3.05) is 4.72 Å². The van der Waals surface area contributed by atoms with Gasteiger partial charge in [-0.2, -0.15) is 8.42 Å². The minimum atomic E-state index is -3.72. The van der Waals surface area contributed by atoms with Crippen LogP contribution in [0.1, 0.15) is 16.7 Å². The Kier molecular flexibility index (Phi) is 2.94. The Labute approximate surface area is 117 Å². The van der Waals surface area contributed by atoms with Crippen LogP contribution < -0.4 is 10.5 Å². The number of hydrogen-bond acceptors (Lipinski definition) is 3. The Morgan fingerprint density at radius 2 is 1.80 bits per heavy atom. The Morgan fingerprint density at radius 3 is 2.55 bits per heavy atom. The molecule has 2 aromatic carbocycles. The van der Waals surface area contributed by atoms with Gasteiger partial charge in [0.2, 0.25) is 0 Å². The molecule has 6 heteroatoms. The predicted octanol–water partition coefficient (Wildman–Crippen LogP) is 1.65. The number of anilines is 1. The number of nitrogens with zero attached hydrogens (tertiary/aromatic N) is 1. The van der Waals surface area contributed by atoms with Crippen LogP contribution in [0.25, 0.3) is 0 Å². The first-order chi connectivity index (χ1) is 9.55. The Morgan fingerprint density at radius 1 is 1.05 bits per heavy atom. The smallest absolute Gasteiger partial charge is 0.344 e. The SMILES string of the molecule is NC1=NS(=O)(=O)Nc2cccc(Cc3ccccc3)c21. The first kappa shape index (κ1) is 12.7. The van der Waals surface area contributed by atoms with Crippen LogP contribution in [0.3, 0.4) is 0 Å². The van der Waals surface area contributed by atoms with E-state index in [0.29, 0.717) is 17.7 Å². The molecule has 0 saturated carbocycles. The third-order valence-electron chi connectivity index (χ3n) is 3.10. The largest absolute Gasteiger partial charge is 0.382 e. The average Bonchev–Trinajstić information content (AvgIpc) is 2.38. The second-order valence-electron chi connectivity index (χ2n) is 4.56. The maximum Gasteiger partial charge on any atom is 0.344 e. The lowest BCUT2D eigenvalue weighted by Crippen LogP contribution is -2.27. The van der Waals surface area contributed by atoms with Gasteiger partial charge in [-0.1, -0.05) is 42.5 Å². The molecule has 3 rings (SSSR count). The highest BCUT2D eigenvalue weighted by Gasteiger charge is 2.23. The van der Waals surface area contributed by atoms with Gasteiger partial charge in [0, 0.05) is 5.56 Å². The highest BCUT2D eigenvalue weighted by Crippen LogP contribution is 2.26. The molecule has 0 bridgehead atoms. The summed E-state index contributed by atoms with van der Waals surface area (Å²) in [5.74, 6) is 0.0327. The molecule has 0 saturated heterocycles. The van der Waals surface area contributed by atoms with Crippen LogP contribution in [0.15, 0.2) is 52.9 Å². The molecule has 102 valence electrons. The fourth-order valence-corrected chi connectivity index (χ4v) is 3.13. The molecule has 0 amide bonds. The van der Waals surface area contributed by atoms with Crippen LogP contribution in [-0.4, -0.2) is 14.3 Å². The molecule has 0 aromatic heterocycles. The monoisotopic (exact) mass is 287 g/mol. The summed E-state index contributed by atoms with van der Waals surface area (Å²) in [5, 5.41) is 0. The van der Waals surface area contributed by atoms with E-state index in [0.717, 1.165) is 11.1 Å². The van der Waals surface area contributed by atoms with Crippen LogP contribution in [0.4, 0.5) is 5.69 Å². The van der Waals surface area contributed by atoms with Gasteiger partial charge >= 0.3 is 10.2 Å². The quantitative estimate of drug-likeness (QED) is 0.880. The topological polar surface area (TPSA) is 84.5 Å². The van der Waals surface area contributed by atoms with E-state index in [2.05, 4.69) is 9.12 Å². The number of benzene rings is 2. The highest BCUT2D eigenvalue weighted by molar-refractivity contribution is 7.91. The maximum absolute atomic E-state index is 11.5. The fourth-order valence-electron chi connectivity index (χ4n) is 2.29. The lowest BCUT2D eigenvalue weighted by atomic mass is 9.98. The summed E-state index contributed by atoms with van der Waals surface area (Å²) in [6.07, 6.45) is 0.669. The van der Waals surface area contributed by atoms with E-state index in [9.17, 15) is 8.42 Å². The number of nitrogens with two attached hydrogens (primary N) is 1. The Bertz CT molecular complexity index is 783. The van der Waals surface area contributed by atoms with Gasteiger partial charge in [-0.25, -0.2) is 0 Å². The van der Waals surface area contributed by atoms with Gasteiger partial charge in [0.15, 0.2) is 0 Å².